The van der Waals surface area contributed by atoms with Crippen LogP contribution in [-0.2, 0) is 27.5 Å². The fraction of sp³-hybridized carbons (Fsp3) is 0.611. The number of nitrogens with zero attached hydrogens (tertiary/aromatic N) is 1. The number of hydrogen-bond donors (Lipinski definition) is 0. The van der Waals surface area contributed by atoms with Gasteiger partial charge in [0.25, 0.3) is 0 Å². The van der Waals surface area contributed by atoms with Gasteiger partial charge in [-0.2, -0.15) is 0 Å². The third-order valence-corrected chi connectivity index (χ3v) is 12.3. The molecule has 5 fully saturated rings. The van der Waals surface area contributed by atoms with Crippen molar-refractivity contribution in [2.24, 2.45) is 34.5 Å². The molecule has 4 aliphatic carbocycles. The molecule has 0 aromatic heterocycles. The number of Topliss-reactive ketones (excluding diaryl/α,β-unsaturated/α-hetero) is 1. The molecule has 1 aliphatic heterocycles. The van der Waals surface area contributed by atoms with Gasteiger partial charge >= 0.3 is 5.97 Å². The molecule has 218 valence electrons. The fourth-order valence-electron chi connectivity index (χ4n) is 10.1. The molecule has 0 bridgehead atoms. The summed E-state index contributed by atoms with van der Waals surface area (Å²) in [6, 6.07) is 18.5. The predicted molar refractivity (Wildman–Crippen MR) is 158 cm³/mol. The van der Waals surface area contributed by atoms with Gasteiger partial charge in [-0.1, -0.05) is 56.3 Å². The first-order chi connectivity index (χ1) is 19.8. The third-order valence-electron chi connectivity index (χ3n) is 12.3. The van der Waals surface area contributed by atoms with E-state index in [9.17, 15) is 9.59 Å². The van der Waals surface area contributed by atoms with Gasteiger partial charge in [0, 0.05) is 24.9 Å². The van der Waals surface area contributed by atoms with Crippen LogP contribution in [0.2, 0.25) is 0 Å². The van der Waals surface area contributed by atoms with Gasteiger partial charge < -0.3 is 9.47 Å². The largest absolute Gasteiger partial charge is 0.489 e. The van der Waals surface area contributed by atoms with Crippen molar-refractivity contribution in [2.75, 3.05) is 13.1 Å². The molecule has 41 heavy (non-hydrogen) atoms. The summed E-state index contributed by atoms with van der Waals surface area (Å²) in [5, 5.41) is 0. The number of benzene rings is 2. The topological polar surface area (TPSA) is 55.8 Å². The first kappa shape index (κ1) is 27.2. The van der Waals surface area contributed by atoms with Gasteiger partial charge in [-0.05, 0) is 104 Å². The van der Waals surface area contributed by atoms with E-state index in [1.54, 1.807) is 0 Å². The number of morpholine rings is 1. The molecule has 5 heteroatoms. The van der Waals surface area contributed by atoms with Crippen LogP contribution in [0.25, 0.3) is 0 Å². The van der Waals surface area contributed by atoms with Gasteiger partial charge in [0.15, 0.2) is 0 Å². The number of hydrogen-bond acceptors (Lipinski definition) is 5. The smallest absolute Gasteiger partial charge is 0.320 e. The lowest BCUT2D eigenvalue weighted by Crippen LogP contribution is -2.61. The highest BCUT2D eigenvalue weighted by Gasteiger charge is 2.62. The summed E-state index contributed by atoms with van der Waals surface area (Å²) >= 11 is 0. The van der Waals surface area contributed by atoms with Crippen LogP contribution in [0, 0.1) is 34.5 Å². The minimum Gasteiger partial charge on any atom is -0.489 e. The SMILES string of the molecule is C[C@]12CC[C@@]3(C[C@@H]1CC[C@@H]1[C@@H]2CC[C@]2(C)C(=O)CC[C@@H]12)CN(Cc1ccc(OCc2ccccc2)cc1)CC(=O)O3. The first-order valence-electron chi connectivity index (χ1n) is 16.0. The molecule has 7 atom stereocenters. The van der Waals surface area contributed by atoms with E-state index in [2.05, 4.69) is 43.0 Å². The Morgan fingerprint density at radius 3 is 2.49 bits per heavy atom. The van der Waals surface area contributed by atoms with Crippen LogP contribution in [-0.4, -0.2) is 35.3 Å². The second-order valence-corrected chi connectivity index (χ2v) is 14.5. The van der Waals surface area contributed by atoms with Crippen LogP contribution in [0.3, 0.4) is 0 Å². The molecule has 5 aliphatic rings. The van der Waals surface area contributed by atoms with Crippen molar-refractivity contribution < 1.29 is 19.1 Å². The summed E-state index contributed by atoms with van der Waals surface area (Å²) in [6.07, 6.45) is 9.69. The minimum atomic E-state index is -0.364. The van der Waals surface area contributed by atoms with Gasteiger partial charge in [-0.25, -0.2) is 0 Å². The Balaban J connectivity index is 1.00. The molecule has 5 nitrogen and oxygen atoms in total. The van der Waals surface area contributed by atoms with Crippen LogP contribution in [0.1, 0.15) is 82.8 Å². The second-order valence-electron chi connectivity index (χ2n) is 14.5. The number of rotatable bonds is 5. The van der Waals surface area contributed by atoms with Gasteiger partial charge in [-0.3, -0.25) is 14.5 Å². The van der Waals surface area contributed by atoms with Crippen molar-refractivity contribution in [2.45, 2.75) is 90.4 Å². The third kappa shape index (κ3) is 4.82. The molecule has 7 rings (SSSR count). The molecule has 0 unspecified atom stereocenters. The van der Waals surface area contributed by atoms with Crippen molar-refractivity contribution in [3.8, 4) is 5.75 Å². The Bertz CT molecular complexity index is 1290. The quantitative estimate of drug-likeness (QED) is 0.373. The van der Waals surface area contributed by atoms with E-state index in [0.717, 1.165) is 62.9 Å². The summed E-state index contributed by atoms with van der Waals surface area (Å²) in [6.45, 7) is 7.30. The van der Waals surface area contributed by atoms with E-state index in [4.69, 9.17) is 9.47 Å². The number of ether oxygens (including phenoxy) is 2. The Hall–Kier alpha value is -2.66. The number of ketones is 1. The first-order valence-corrected chi connectivity index (χ1v) is 16.0. The van der Waals surface area contributed by atoms with Crippen molar-refractivity contribution in [3.63, 3.8) is 0 Å². The highest BCUT2D eigenvalue weighted by Crippen LogP contribution is 2.66. The van der Waals surface area contributed by atoms with Crippen LogP contribution in [0.15, 0.2) is 54.6 Å². The van der Waals surface area contributed by atoms with Crippen LogP contribution < -0.4 is 4.74 Å². The lowest BCUT2D eigenvalue weighted by Gasteiger charge is -2.62. The molecule has 2 aromatic carbocycles. The highest BCUT2D eigenvalue weighted by molar-refractivity contribution is 5.87. The van der Waals surface area contributed by atoms with Gasteiger partial charge in [-0.15, -0.1) is 0 Å². The van der Waals surface area contributed by atoms with Crippen molar-refractivity contribution in [1.29, 1.82) is 0 Å². The molecule has 0 N–H and O–H groups in total. The molecule has 1 saturated heterocycles. The average molecular weight is 556 g/mol. The monoisotopic (exact) mass is 555 g/mol. The normalized spacial score (nSPS) is 38.6. The number of esters is 1. The summed E-state index contributed by atoms with van der Waals surface area (Å²) in [7, 11) is 0. The zero-order valence-corrected chi connectivity index (χ0v) is 24.8. The molecule has 1 spiro atoms. The van der Waals surface area contributed by atoms with Gasteiger partial charge in [0.05, 0.1) is 6.54 Å². The van der Waals surface area contributed by atoms with Crippen LogP contribution >= 0.6 is 0 Å². The molecular weight excluding hydrogens is 510 g/mol. The zero-order chi connectivity index (χ0) is 28.2. The maximum absolute atomic E-state index is 13.0. The maximum Gasteiger partial charge on any atom is 0.320 e. The molecule has 2 aromatic rings. The Labute approximate surface area is 245 Å². The van der Waals surface area contributed by atoms with E-state index in [0.29, 0.717) is 48.0 Å². The number of carbonyl (C=O) groups excluding carboxylic acids is 2. The Morgan fingerprint density at radius 1 is 0.878 bits per heavy atom. The zero-order valence-electron chi connectivity index (χ0n) is 24.8. The van der Waals surface area contributed by atoms with E-state index < -0.39 is 0 Å². The molecular formula is C36H45NO4. The molecule has 4 saturated carbocycles. The maximum atomic E-state index is 13.0. The number of carbonyl (C=O) groups is 2. The van der Waals surface area contributed by atoms with Crippen molar-refractivity contribution in [1.82, 2.24) is 4.90 Å². The van der Waals surface area contributed by atoms with E-state index in [1.807, 2.05) is 30.3 Å². The lowest BCUT2D eigenvalue weighted by molar-refractivity contribution is -0.200. The van der Waals surface area contributed by atoms with Crippen LogP contribution in [0.4, 0.5) is 0 Å². The van der Waals surface area contributed by atoms with Crippen molar-refractivity contribution in [3.05, 3.63) is 65.7 Å². The molecule has 0 radical (unpaired) electrons. The van der Waals surface area contributed by atoms with Gasteiger partial charge in [0.2, 0.25) is 0 Å². The second kappa shape index (κ2) is 10.3. The predicted octanol–water partition coefficient (Wildman–Crippen LogP) is 6.98. The van der Waals surface area contributed by atoms with Crippen molar-refractivity contribution >= 4 is 11.8 Å². The standard InChI is InChI=1S/C36H45NO4/c1-34-18-19-36(20-27(34)10-13-29-30-14-15-32(38)35(30,2)17-16-31(29)34)24-37(22-33(39)41-36)21-25-8-11-28(12-9-25)40-23-26-6-4-3-5-7-26/h3-9,11-12,27,29-31H,10,13-24H2,1-2H3/t27-,29-,30-,31-,34-,35-,36+/m0/s1. The Morgan fingerprint density at radius 2 is 1.68 bits per heavy atom. The summed E-state index contributed by atoms with van der Waals surface area (Å²) in [5.41, 5.74) is 2.22. The van der Waals surface area contributed by atoms with Gasteiger partial charge in [0.1, 0.15) is 23.7 Å². The van der Waals surface area contributed by atoms with E-state index in [1.165, 1.54) is 24.8 Å². The molecule has 1 heterocycles. The number of fused-ring (bicyclic) bond motifs is 5. The minimum absolute atomic E-state index is 0.0636. The van der Waals surface area contributed by atoms with E-state index >= 15 is 0 Å². The van der Waals surface area contributed by atoms with E-state index in [-0.39, 0.29) is 17.0 Å². The fourth-order valence-corrected chi connectivity index (χ4v) is 10.1. The van der Waals surface area contributed by atoms with Crippen LogP contribution in [0.5, 0.6) is 5.75 Å². The summed E-state index contributed by atoms with van der Waals surface area (Å²) in [5.74, 6) is 3.89. The molecule has 0 amide bonds. The lowest BCUT2D eigenvalue weighted by atomic mass is 9.44. The Kier molecular flexibility index (Phi) is 6.80. The highest BCUT2D eigenvalue weighted by atomic mass is 16.6. The average Bonchev–Trinajstić information content (AvgIpc) is 3.27. The summed E-state index contributed by atoms with van der Waals surface area (Å²) in [4.78, 5) is 28.1. The summed E-state index contributed by atoms with van der Waals surface area (Å²) < 4.78 is 12.2.